The highest BCUT2D eigenvalue weighted by molar-refractivity contribution is 6.35. The Hall–Kier alpha value is -0.320. The maximum Gasteiger partial charge on any atom is 0.0638 e. The maximum atomic E-state index is 9.17. The molecule has 2 atom stereocenters. The second-order valence-corrected chi connectivity index (χ2v) is 4.73. The lowest BCUT2D eigenvalue weighted by molar-refractivity contribution is 0.123. The lowest BCUT2D eigenvalue weighted by Gasteiger charge is -2.22. The molecule has 0 fully saturated rings. The van der Waals surface area contributed by atoms with E-state index in [4.69, 9.17) is 33.0 Å². The van der Waals surface area contributed by atoms with Crippen LogP contribution in [0.15, 0.2) is 18.2 Å². The van der Waals surface area contributed by atoms with Crippen LogP contribution in [0, 0.1) is 0 Å². The normalized spacial score (nSPS) is 14.6. The van der Waals surface area contributed by atoms with Crippen LogP contribution in [0.25, 0.3) is 0 Å². The Labute approximate surface area is 112 Å². The summed E-state index contributed by atoms with van der Waals surface area (Å²) < 4.78 is 5.00. The van der Waals surface area contributed by atoms with Gasteiger partial charge in [0.05, 0.1) is 19.3 Å². The van der Waals surface area contributed by atoms with Gasteiger partial charge in [0.1, 0.15) is 0 Å². The number of rotatable bonds is 6. The first-order valence-corrected chi connectivity index (χ1v) is 6.14. The highest BCUT2D eigenvalue weighted by Gasteiger charge is 2.14. The van der Waals surface area contributed by atoms with Crippen molar-refractivity contribution in [1.29, 1.82) is 0 Å². The van der Waals surface area contributed by atoms with E-state index in [1.54, 1.807) is 19.2 Å². The Kier molecular flexibility index (Phi) is 6.23. The van der Waals surface area contributed by atoms with E-state index in [0.29, 0.717) is 16.7 Å². The van der Waals surface area contributed by atoms with Crippen LogP contribution in [0.1, 0.15) is 18.5 Å². The minimum absolute atomic E-state index is 0.0173. The van der Waals surface area contributed by atoms with Crippen molar-refractivity contribution in [3.05, 3.63) is 33.8 Å². The van der Waals surface area contributed by atoms with E-state index >= 15 is 0 Å². The van der Waals surface area contributed by atoms with Crippen LogP contribution in [0.5, 0.6) is 0 Å². The fourth-order valence-electron chi connectivity index (χ4n) is 1.65. The number of nitrogens with one attached hydrogen (secondary N) is 1. The summed E-state index contributed by atoms with van der Waals surface area (Å²) in [6.45, 7) is 2.45. The molecule has 17 heavy (non-hydrogen) atoms. The van der Waals surface area contributed by atoms with E-state index in [9.17, 15) is 0 Å². The summed E-state index contributed by atoms with van der Waals surface area (Å²) in [5.74, 6) is 0. The monoisotopic (exact) mass is 277 g/mol. The third-order valence-electron chi connectivity index (χ3n) is 2.50. The van der Waals surface area contributed by atoms with Crippen molar-refractivity contribution in [2.75, 3.05) is 20.3 Å². The summed E-state index contributed by atoms with van der Waals surface area (Å²) in [4.78, 5) is 0. The minimum Gasteiger partial charge on any atom is -0.395 e. The van der Waals surface area contributed by atoms with Crippen molar-refractivity contribution in [3.63, 3.8) is 0 Å². The van der Waals surface area contributed by atoms with Gasteiger partial charge in [0.25, 0.3) is 0 Å². The summed E-state index contributed by atoms with van der Waals surface area (Å²) in [5, 5.41) is 13.6. The Morgan fingerprint density at radius 3 is 2.65 bits per heavy atom. The lowest BCUT2D eigenvalue weighted by Crippen LogP contribution is -2.38. The van der Waals surface area contributed by atoms with Gasteiger partial charge in [-0.3, -0.25) is 0 Å². The van der Waals surface area contributed by atoms with Crippen molar-refractivity contribution in [1.82, 2.24) is 5.32 Å². The van der Waals surface area contributed by atoms with Crippen molar-refractivity contribution >= 4 is 23.2 Å². The van der Waals surface area contributed by atoms with E-state index < -0.39 is 0 Å². The first-order valence-electron chi connectivity index (χ1n) is 5.39. The van der Waals surface area contributed by atoms with Gasteiger partial charge in [-0.15, -0.1) is 0 Å². The molecule has 0 radical (unpaired) electrons. The van der Waals surface area contributed by atoms with Crippen LogP contribution in [0.4, 0.5) is 0 Å². The smallest absolute Gasteiger partial charge is 0.0638 e. The van der Waals surface area contributed by atoms with Crippen LogP contribution in [0.3, 0.4) is 0 Å². The molecule has 2 N–H and O–H groups in total. The molecular formula is C12H17Cl2NO2. The quantitative estimate of drug-likeness (QED) is 0.840. The molecule has 2 unspecified atom stereocenters. The molecule has 0 bridgehead atoms. The first-order chi connectivity index (χ1) is 8.08. The number of methoxy groups -OCH3 is 1. The molecular weight excluding hydrogens is 261 g/mol. The summed E-state index contributed by atoms with van der Waals surface area (Å²) in [6, 6.07) is 5.30. The zero-order valence-electron chi connectivity index (χ0n) is 9.91. The standard InChI is InChI=1S/C12H17Cl2NO2/c1-8(15-10(6-16)7-17-2)11-4-3-9(13)5-12(11)14/h3-5,8,10,15-16H,6-7H2,1-2H3. The largest absolute Gasteiger partial charge is 0.395 e. The van der Waals surface area contributed by atoms with E-state index in [-0.39, 0.29) is 18.7 Å². The number of hydrogen-bond acceptors (Lipinski definition) is 3. The third-order valence-corrected chi connectivity index (χ3v) is 3.07. The van der Waals surface area contributed by atoms with E-state index in [1.807, 2.05) is 13.0 Å². The summed E-state index contributed by atoms with van der Waals surface area (Å²) in [7, 11) is 1.60. The molecule has 0 heterocycles. The lowest BCUT2D eigenvalue weighted by atomic mass is 10.1. The van der Waals surface area contributed by atoms with Gasteiger partial charge in [-0.2, -0.15) is 0 Å². The summed E-state index contributed by atoms with van der Waals surface area (Å²) in [6.07, 6.45) is 0. The fourth-order valence-corrected chi connectivity index (χ4v) is 2.22. The molecule has 0 aromatic heterocycles. The van der Waals surface area contributed by atoms with E-state index in [1.165, 1.54) is 0 Å². The number of aliphatic hydroxyl groups excluding tert-OH is 1. The minimum atomic E-state index is -0.109. The molecule has 0 saturated heterocycles. The zero-order chi connectivity index (χ0) is 12.8. The molecule has 1 aromatic rings. The second kappa shape index (κ2) is 7.19. The van der Waals surface area contributed by atoms with Crippen LogP contribution in [0.2, 0.25) is 10.0 Å². The molecule has 96 valence electrons. The number of aliphatic hydroxyl groups is 1. The Balaban J connectivity index is 2.71. The van der Waals surface area contributed by atoms with Crippen molar-refractivity contribution in [2.45, 2.75) is 19.0 Å². The Bertz CT molecular complexity index is 360. The Morgan fingerprint density at radius 2 is 2.12 bits per heavy atom. The molecule has 0 aliphatic rings. The van der Waals surface area contributed by atoms with Crippen molar-refractivity contribution in [2.24, 2.45) is 0 Å². The predicted octanol–water partition coefficient (Wildman–Crippen LogP) is 2.65. The summed E-state index contributed by atoms with van der Waals surface area (Å²) in [5.41, 5.74) is 0.950. The van der Waals surface area contributed by atoms with Gasteiger partial charge in [-0.05, 0) is 24.6 Å². The number of halogens is 2. The third kappa shape index (κ3) is 4.45. The highest BCUT2D eigenvalue weighted by atomic mass is 35.5. The second-order valence-electron chi connectivity index (χ2n) is 3.89. The van der Waals surface area contributed by atoms with Gasteiger partial charge < -0.3 is 15.2 Å². The molecule has 1 aromatic carbocycles. The SMILES string of the molecule is COCC(CO)NC(C)c1ccc(Cl)cc1Cl. The fraction of sp³-hybridized carbons (Fsp3) is 0.500. The van der Waals surface area contributed by atoms with Gasteiger partial charge >= 0.3 is 0 Å². The first kappa shape index (κ1) is 14.7. The van der Waals surface area contributed by atoms with Crippen LogP contribution in [-0.4, -0.2) is 31.5 Å². The molecule has 1 rings (SSSR count). The van der Waals surface area contributed by atoms with Crippen molar-refractivity contribution < 1.29 is 9.84 Å². The van der Waals surface area contributed by atoms with Crippen molar-refractivity contribution in [3.8, 4) is 0 Å². The van der Waals surface area contributed by atoms with Gasteiger partial charge in [0, 0.05) is 23.2 Å². The Morgan fingerprint density at radius 1 is 1.41 bits per heavy atom. The predicted molar refractivity (Wildman–Crippen MR) is 70.8 cm³/mol. The molecule has 0 aliphatic heterocycles. The molecule has 0 spiro atoms. The van der Waals surface area contributed by atoms with Gasteiger partial charge in [0.15, 0.2) is 0 Å². The maximum absolute atomic E-state index is 9.17. The number of benzene rings is 1. The van der Waals surface area contributed by atoms with E-state index in [0.717, 1.165) is 5.56 Å². The van der Waals surface area contributed by atoms with Crippen LogP contribution in [-0.2, 0) is 4.74 Å². The molecule has 5 heteroatoms. The molecule has 0 amide bonds. The van der Waals surface area contributed by atoms with Gasteiger partial charge in [-0.25, -0.2) is 0 Å². The highest BCUT2D eigenvalue weighted by Crippen LogP contribution is 2.26. The number of ether oxygens (including phenoxy) is 1. The average Bonchev–Trinajstić information content (AvgIpc) is 2.28. The van der Waals surface area contributed by atoms with E-state index in [2.05, 4.69) is 5.32 Å². The molecule has 0 saturated carbocycles. The van der Waals surface area contributed by atoms with Crippen LogP contribution < -0.4 is 5.32 Å². The van der Waals surface area contributed by atoms with Gasteiger partial charge in [-0.1, -0.05) is 29.3 Å². The van der Waals surface area contributed by atoms with Crippen LogP contribution >= 0.6 is 23.2 Å². The molecule has 0 aliphatic carbocycles. The summed E-state index contributed by atoms with van der Waals surface area (Å²) >= 11 is 11.9. The molecule has 3 nitrogen and oxygen atoms in total. The van der Waals surface area contributed by atoms with Gasteiger partial charge in [0.2, 0.25) is 0 Å². The average molecular weight is 278 g/mol. The topological polar surface area (TPSA) is 41.5 Å². The number of hydrogen-bond donors (Lipinski definition) is 2. The zero-order valence-corrected chi connectivity index (χ0v) is 11.4.